The van der Waals surface area contributed by atoms with Crippen LogP contribution in [0.5, 0.6) is 0 Å². The number of benzene rings is 3. The van der Waals surface area contributed by atoms with Crippen molar-refractivity contribution in [1.29, 1.82) is 0 Å². The van der Waals surface area contributed by atoms with Crippen LogP contribution in [0.3, 0.4) is 0 Å². The number of para-hydroxylation sites is 1. The monoisotopic (exact) mass is 449 g/mol. The van der Waals surface area contributed by atoms with Gasteiger partial charge in [-0.1, -0.05) is 24.3 Å². The Labute approximate surface area is 187 Å². The third-order valence-corrected chi connectivity index (χ3v) is 7.18. The number of nitrogens with zero attached hydrogens (tertiary/aromatic N) is 2. The molecule has 1 aliphatic heterocycles. The molecule has 3 aromatic carbocycles. The lowest BCUT2D eigenvalue weighted by Crippen LogP contribution is -2.26. The Morgan fingerprint density at radius 3 is 2.34 bits per heavy atom. The number of carbonyl (C=O) groups is 2. The van der Waals surface area contributed by atoms with Crippen molar-refractivity contribution < 1.29 is 18.0 Å². The topological polar surface area (TPSA) is 86.8 Å². The quantitative estimate of drug-likeness (QED) is 0.619. The van der Waals surface area contributed by atoms with Crippen molar-refractivity contribution in [3.05, 3.63) is 84.4 Å². The van der Waals surface area contributed by atoms with E-state index >= 15 is 0 Å². The summed E-state index contributed by atoms with van der Waals surface area (Å²) in [7, 11) is -2.26. The fourth-order valence-electron chi connectivity index (χ4n) is 3.59. The van der Waals surface area contributed by atoms with Gasteiger partial charge in [-0.2, -0.15) is 0 Å². The van der Waals surface area contributed by atoms with Crippen molar-refractivity contribution >= 4 is 38.9 Å². The fourth-order valence-corrected chi connectivity index (χ4v) is 4.78. The standard InChI is InChI=1S/C24H23N3O4S/c1-26(20-8-3-2-4-9-20)32(30,31)22-14-12-18(13-15-22)24(29)25-19-7-5-10-21(17-19)27-16-6-11-23(27)28/h2-5,7-10,12-15,17H,6,11,16H2,1H3,(H,25,29). The van der Waals surface area contributed by atoms with Crippen molar-refractivity contribution in [3.8, 4) is 0 Å². The van der Waals surface area contributed by atoms with Gasteiger partial charge in [0.25, 0.3) is 15.9 Å². The first kappa shape index (κ1) is 21.6. The second-order valence-corrected chi connectivity index (χ2v) is 9.46. The molecule has 1 aliphatic rings. The number of sulfonamides is 1. The molecule has 7 nitrogen and oxygen atoms in total. The Kier molecular flexibility index (Phi) is 5.96. The molecular weight excluding hydrogens is 426 g/mol. The van der Waals surface area contributed by atoms with E-state index in [1.54, 1.807) is 47.4 Å². The van der Waals surface area contributed by atoms with Crippen LogP contribution in [-0.2, 0) is 14.8 Å². The smallest absolute Gasteiger partial charge is 0.264 e. The molecule has 0 spiro atoms. The van der Waals surface area contributed by atoms with E-state index in [9.17, 15) is 18.0 Å². The molecule has 0 aromatic heterocycles. The summed E-state index contributed by atoms with van der Waals surface area (Å²) in [6.45, 7) is 0.670. The lowest BCUT2D eigenvalue weighted by Gasteiger charge is -2.19. The Hall–Kier alpha value is -3.65. The van der Waals surface area contributed by atoms with Crippen LogP contribution >= 0.6 is 0 Å². The van der Waals surface area contributed by atoms with Gasteiger partial charge in [-0.25, -0.2) is 8.42 Å². The molecule has 4 rings (SSSR count). The van der Waals surface area contributed by atoms with Crippen LogP contribution < -0.4 is 14.5 Å². The summed E-state index contributed by atoms with van der Waals surface area (Å²) >= 11 is 0. The maximum atomic E-state index is 12.9. The molecule has 1 N–H and O–H groups in total. The SMILES string of the molecule is CN(c1ccccc1)S(=O)(=O)c1ccc(C(=O)Nc2cccc(N3CCCC3=O)c2)cc1. The molecule has 8 heteroatoms. The van der Waals surface area contributed by atoms with Crippen molar-refractivity contribution in [1.82, 2.24) is 0 Å². The molecule has 2 amide bonds. The first-order valence-corrected chi connectivity index (χ1v) is 11.7. The average molecular weight is 450 g/mol. The molecule has 3 aromatic rings. The number of amides is 2. The zero-order chi connectivity index (χ0) is 22.7. The summed E-state index contributed by atoms with van der Waals surface area (Å²) in [4.78, 5) is 26.4. The minimum atomic E-state index is -3.75. The van der Waals surface area contributed by atoms with Crippen LogP contribution in [0, 0.1) is 0 Å². The van der Waals surface area contributed by atoms with Crippen LogP contribution in [0.2, 0.25) is 0 Å². The van der Waals surface area contributed by atoms with E-state index in [1.165, 1.54) is 35.6 Å². The second kappa shape index (κ2) is 8.84. The molecule has 0 bridgehead atoms. The maximum absolute atomic E-state index is 12.9. The van der Waals surface area contributed by atoms with E-state index in [1.807, 2.05) is 12.1 Å². The van der Waals surface area contributed by atoms with Crippen LogP contribution in [-0.4, -0.2) is 33.8 Å². The summed E-state index contributed by atoms with van der Waals surface area (Å²) in [6.07, 6.45) is 1.36. The molecule has 1 fully saturated rings. The lowest BCUT2D eigenvalue weighted by atomic mass is 10.2. The van der Waals surface area contributed by atoms with Gasteiger partial charge in [-0.15, -0.1) is 0 Å². The van der Waals surface area contributed by atoms with E-state index in [-0.39, 0.29) is 16.7 Å². The summed E-state index contributed by atoms with van der Waals surface area (Å²) in [5.74, 6) is -0.291. The van der Waals surface area contributed by atoms with Crippen LogP contribution in [0.25, 0.3) is 0 Å². The highest BCUT2D eigenvalue weighted by Crippen LogP contribution is 2.25. The van der Waals surface area contributed by atoms with E-state index in [2.05, 4.69) is 5.32 Å². The predicted molar refractivity (Wildman–Crippen MR) is 124 cm³/mol. The molecule has 0 saturated carbocycles. The van der Waals surface area contributed by atoms with Gasteiger partial charge >= 0.3 is 0 Å². The van der Waals surface area contributed by atoms with Gasteiger partial charge in [0.2, 0.25) is 5.91 Å². The van der Waals surface area contributed by atoms with Gasteiger partial charge in [-0.05, 0) is 61.0 Å². The molecule has 32 heavy (non-hydrogen) atoms. The van der Waals surface area contributed by atoms with Crippen LogP contribution in [0.4, 0.5) is 17.1 Å². The summed E-state index contributed by atoms with van der Waals surface area (Å²) in [5.41, 5.74) is 2.18. The van der Waals surface area contributed by atoms with E-state index < -0.39 is 10.0 Å². The van der Waals surface area contributed by atoms with Crippen molar-refractivity contribution in [2.45, 2.75) is 17.7 Å². The van der Waals surface area contributed by atoms with Crippen molar-refractivity contribution in [2.75, 3.05) is 28.1 Å². The number of rotatable bonds is 6. The van der Waals surface area contributed by atoms with Crippen molar-refractivity contribution in [2.24, 2.45) is 0 Å². The largest absolute Gasteiger partial charge is 0.322 e. The lowest BCUT2D eigenvalue weighted by molar-refractivity contribution is -0.117. The molecule has 164 valence electrons. The summed E-state index contributed by atoms with van der Waals surface area (Å²) in [5, 5.41) is 2.81. The number of hydrogen-bond donors (Lipinski definition) is 1. The summed E-state index contributed by atoms with van der Waals surface area (Å²) < 4.78 is 27.0. The van der Waals surface area contributed by atoms with Gasteiger partial charge in [-0.3, -0.25) is 13.9 Å². The second-order valence-electron chi connectivity index (χ2n) is 7.49. The molecule has 1 heterocycles. The fraction of sp³-hybridized carbons (Fsp3) is 0.167. The third kappa shape index (κ3) is 4.36. The molecular formula is C24H23N3O4S. The Bertz CT molecular complexity index is 1240. The van der Waals surface area contributed by atoms with E-state index in [4.69, 9.17) is 0 Å². The molecule has 1 saturated heterocycles. The van der Waals surface area contributed by atoms with Crippen molar-refractivity contribution in [3.63, 3.8) is 0 Å². The normalized spacial score (nSPS) is 13.8. The molecule has 0 aliphatic carbocycles. The Balaban J connectivity index is 1.49. The number of anilines is 3. The zero-order valence-electron chi connectivity index (χ0n) is 17.6. The van der Waals surface area contributed by atoms with Gasteiger partial charge in [0.1, 0.15) is 0 Å². The number of carbonyl (C=O) groups excluding carboxylic acids is 2. The third-order valence-electron chi connectivity index (χ3n) is 5.38. The number of hydrogen-bond acceptors (Lipinski definition) is 4. The van der Waals surface area contributed by atoms with Gasteiger partial charge < -0.3 is 10.2 Å². The minimum Gasteiger partial charge on any atom is -0.322 e. The van der Waals surface area contributed by atoms with E-state index in [0.717, 1.165) is 12.1 Å². The zero-order valence-corrected chi connectivity index (χ0v) is 18.4. The van der Waals surface area contributed by atoms with Crippen LogP contribution in [0.1, 0.15) is 23.2 Å². The highest BCUT2D eigenvalue weighted by atomic mass is 32.2. The molecule has 0 atom stereocenters. The molecule has 0 unspecified atom stereocenters. The maximum Gasteiger partial charge on any atom is 0.264 e. The highest BCUT2D eigenvalue weighted by molar-refractivity contribution is 7.92. The average Bonchev–Trinajstić information content (AvgIpc) is 3.25. The predicted octanol–water partition coefficient (Wildman–Crippen LogP) is 3.89. The summed E-state index contributed by atoms with van der Waals surface area (Å²) in [6, 6.07) is 21.7. The molecule has 0 radical (unpaired) electrons. The first-order chi connectivity index (χ1) is 15.4. The Morgan fingerprint density at radius 2 is 1.69 bits per heavy atom. The highest BCUT2D eigenvalue weighted by Gasteiger charge is 2.23. The van der Waals surface area contributed by atoms with Gasteiger partial charge in [0.05, 0.1) is 10.6 Å². The first-order valence-electron chi connectivity index (χ1n) is 10.2. The minimum absolute atomic E-state index is 0.0748. The van der Waals surface area contributed by atoms with Gasteiger partial charge in [0, 0.05) is 37.0 Å². The number of nitrogens with one attached hydrogen (secondary N) is 1. The van der Waals surface area contributed by atoms with Crippen LogP contribution in [0.15, 0.2) is 83.8 Å². The van der Waals surface area contributed by atoms with Gasteiger partial charge in [0.15, 0.2) is 0 Å². The van der Waals surface area contributed by atoms with E-state index in [0.29, 0.717) is 29.9 Å². The Morgan fingerprint density at radius 1 is 0.969 bits per heavy atom.